The Hall–Kier alpha value is -1.78. The molecule has 0 radical (unpaired) electrons. The van der Waals surface area contributed by atoms with E-state index in [9.17, 15) is 4.79 Å². The average Bonchev–Trinajstić information content (AvgIpc) is 2.47. The zero-order valence-electron chi connectivity index (χ0n) is 12.1. The summed E-state index contributed by atoms with van der Waals surface area (Å²) in [5.41, 5.74) is 0.657. The fraction of sp³-hybridized carbons (Fsp3) is 0.235. The lowest BCUT2D eigenvalue weighted by Gasteiger charge is -2.15. The first-order valence-electron chi connectivity index (χ1n) is 6.87. The van der Waals surface area contributed by atoms with E-state index in [1.54, 1.807) is 24.3 Å². The molecular formula is C17H19NO2S. The van der Waals surface area contributed by atoms with Crippen LogP contribution in [-0.4, -0.2) is 17.2 Å². The van der Waals surface area contributed by atoms with Gasteiger partial charge in [-0.2, -0.15) is 12.6 Å². The molecule has 2 unspecified atom stereocenters. The van der Waals surface area contributed by atoms with Gasteiger partial charge in [-0.3, -0.25) is 10.1 Å². The number of carbonyl (C=O) groups is 1. The van der Waals surface area contributed by atoms with Crippen molar-refractivity contribution < 1.29 is 9.53 Å². The summed E-state index contributed by atoms with van der Waals surface area (Å²) in [7, 11) is 0. The maximum absolute atomic E-state index is 12.2. The Balaban J connectivity index is 2.03. The van der Waals surface area contributed by atoms with Crippen molar-refractivity contribution >= 4 is 18.4 Å². The predicted molar refractivity (Wildman–Crippen MR) is 88.3 cm³/mol. The van der Waals surface area contributed by atoms with Gasteiger partial charge in [-0.1, -0.05) is 18.2 Å². The number of hydrogen-bond acceptors (Lipinski definition) is 4. The molecule has 0 heterocycles. The van der Waals surface area contributed by atoms with Crippen LogP contribution < -0.4 is 10.1 Å². The van der Waals surface area contributed by atoms with Gasteiger partial charge in [0.05, 0.1) is 6.04 Å². The zero-order chi connectivity index (χ0) is 15.2. The monoisotopic (exact) mass is 301 g/mol. The van der Waals surface area contributed by atoms with E-state index in [2.05, 4.69) is 17.9 Å². The molecule has 2 atom stereocenters. The van der Waals surface area contributed by atoms with Crippen molar-refractivity contribution in [2.24, 2.45) is 0 Å². The molecule has 0 saturated heterocycles. The van der Waals surface area contributed by atoms with Crippen molar-refractivity contribution in [3.8, 4) is 11.5 Å². The van der Waals surface area contributed by atoms with Gasteiger partial charge in [-0.05, 0) is 50.2 Å². The van der Waals surface area contributed by atoms with Crippen LogP contribution in [0, 0.1) is 0 Å². The molecule has 0 aliphatic carbocycles. The van der Waals surface area contributed by atoms with Crippen molar-refractivity contribution in [2.75, 3.05) is 0 Å². The molecule has 0 saturated carbocycles. The lowest BCUT2D eigenvalue weighted by Crippen LogP contribution is -2.37. The maximum atomic E-state index is 12.2. The summed E-state index contributed by atoms with van der Waals surface area (Å²) >= 11 is 4.23. The molecule has 2 aromatic carbocycles. The molecular weight excluding hydrogens is 282 g/mol. The van der Waals surface area contributed by atoms with Gasteiger partial charge in [-0.15, -0.1) is 0 Å². The average molecular weight is 301 g/mol. The SMILES string of the molecule is CC(S)NC(C)C(=O)c1ccc(Oc2ccccc2)cc1. The molecule has 0 aromatic heterocycles. The summed E-state index contributed by atoms with van der Waals surface area (Å²) < 4.78 is 5.70. The lowest BCUT2D eigenvalue weighted by atomic mass is 10.1. The number of nitrogens with one attached hydrogen (secondary N) is 1. The second-order valence-electron chi connectivity index (χ2n) is 4.87. The molecule has 2 rings (SSSR count). The number of carbonyl (C=O) groups excluding carboxylic acids is 1. The number of benzene rings is 2. The topological polar surface area (TPSA) is 38.3 Å². The number of rotatable bonds is 6. The summed E-state index contributed by atoms with van der Waals surface area (Å²) in [4.78, 5) is 12.2. The normalized spacial score (nSPS) is 13.5. The van der Waals surface area contributed by atoms with Gasteiger partial charge in [0.25, 0.3) is 0 Å². The summed E-state index contributed by atoms with van der Waals surface area (Å²) in [6, 6.07) is 16.4. The van der Waals surface area contributed by atoms with Crippen molar-refractivity contribution in [1.29, 1.82) is 0 Å². The van der Waals surface area contributed by atoms with Gasteiger partial charge < -0.3 is 4.74 Å². The van der Waals surface area contributed by atoms with Gasteiger partial charge in [0.15, 0.2) is 5.78 Å². The minimum Gasteiger partial charge on any atom is -0.457 e. The Bertz CT molecular complexity index is 581. The number of Topliss-reactive ketones (excluding diaryl/α,β-unsaturated/α-hetero) is 1. The highest BCUT2D eigenvalue weighted by Gasteiger charge is 2.15. The van der Waals surface area contributed by atoms with Crippen LogP contribution >= 0.6 is 12.6 Å². The molecule has 4 heteroatoms. The smallest absolute Gasteiger partial charge is 0.179 e. The zero-order valence-corrected chi connectivity index (χ0v) is 13.0. The lowest BCUT2D eigenvalue weighted by molar-refractivity contribution is 0.0950. The minimum atomic E-state index is -0.265. The van der Waals surface area contributed by atoms with E-state index in [1.807, 2.05) is 44.2 Å². The fourth-order valence-corrected chi connectivity index (χ4v) is 2.22. The quantitative estimate of drug-likeness (QED) is 0.482. The summed E-state index contributed by atoms with van der Waals surface area (Å²) in [6.07, 6.45) is 0. The van der Waals surface area contributed by atoms with Crippen molar-refractivity contribution in [3.63, 3.8) is 0 Å². The molecule has 0 aliphatic heterocycles. The Morgan fingerprint density at radius 3 is 2.14 bits per heavy atom. The van der Waals surface area contributed by atoms with Crippen LogP contribution in [0.1, 0.15) is 24.2 Å². The molecule has 0 amide bonds. The maximum Gasteiger partial charge on any atom is 0.179 e. The van der Waals surface area contributed by atoms with Gasteiger partial charge in [0, 0.05) is 10.9 Å². The van der Waals surface area contributed by atoms with E-state index < -0.39 is 0 Å². The summed E-state index contributed by atoms with van der Waals surface area (Å²) in [5.74, 6) is 1.53. The first kappa shape index (κ1) is 15.6. The van der Waals surface area contributed by atoms with E-state index in [0.29, 0.717) is 11.3 Å². The highest BCUT2D eigenvalue weighted by atomic mass is 32.1. The summed E-state index contributed by atoms with van der Waals surface area (Å²) in [5, 5.41) is 3.06. The molecule has 0 spiro atoms. The van der Waals surface area contributed by atoms with Crippen LogP contribution in [-0.2, 0) is 0 Å². The fourth-order valence-electron chi connectivity index (χ4n) is 2.00. The summed E-state index contributed by atoms with van der Waals surface area (Å²) in [6.45, 7) is 3.73. The molecule has 21 heavy (non-hydrogen) atoms. The number of ether oxygens (including phenoxy) is 1. The standard InChI is InChI=1S/C17H19NO2S/c1-12(18-13(2)21)17(19)14-8-10-16(11-9-14)20-15-6-4-3-5-7-15/h3-13,18,21H,1-2H3. The Morgan fingerprint density at radius 2 is 1.57 bits per heavy atom. The third kappa shape index (κ3) is 4.62. The van der Waals surface area contributed by atoms with Crippen LogP contribution in [0.3, 0.4) is 0 Å². The molecule has 0 aliphatic rings. The second-order valence-corrected chi connectivity index (χ2v) is 5.64. The molecule has 2 aromatic rings. The number of thiol groups is 1. The predicted octanol–water partition coefficient (Wildman–Crippen LogP) is 3.92. The van der Waals surface area contributed by atoms with Crippen LogP contribution in [0.4, 0.5) is 0 Å². The van der Waals surface area contributed by atoms with Crippen molar-refractivity contribution in [1.82, 2.24) is 5.32 Å². The van der Waals surface area contributed by atoms with Crippen LogP contribution in [0.5, 0.6) is 11.5 Å². The van der Waals surface area contributed by atoms with E-state index in [1.165, 1.54) is 0 Å². The highest BCUT2D eigenvalue weighted by molar-refractivity contribution is 7.80. The van der Waals surface area contributed by atoms with Gasteiger partial charge in [-0.25, -0.2) is 0 Å². The first-order chi connectivity index (χ1) is 10.1. The second kappa shape index (κ2) is 7.29. The largest absolute Gasteiger partial charge is 0.457 e. The molecule has 0 bridgehead atoms. The van der Waals surface area contributed by atoms with E-state index in [0.717, 1.165) is 5.75 Å². The number of hydrogen-bond donors (Lipinski definition) is 2. The Labute approximate surface area is 130 Å². The Morgan fingerprint density at radius 1 is 1.00 bits per heavy atom. The Kier molecular flexibility index (Phi) is 5.42. The van der Waals surface area contributed by atoms with Crippen molar-refractivity contribution in [2.45, 2.75) is 25.3 Å². The molecule has 110 valence electrons. The first-order valence-corrected chi connectivity index (χ1v) is 7.39. The van der Waals surface area contributed by atoms with E-state index in [-0.39, 0.29) is 17.2 Å². The molecule has 0 fully saturated rings. The van der Waals surface area contributed by atoms with Gasteiger partial charge in [0.2, 0.25) is 0 Å². The van der Waals surface area contributed by atoms with Crippen LogP contribution in [0.25, 0.3) is 0 Å². The van der Waals surface area contributed by atoms with E-state index in [4.69, 9.17) is 4.74 Å². The minimum absolute atomic E-state index is 0.0235. The van der Waals surface area contributed by atoms with Crippen molar-refractivity contribution in [3.05, 3.63) is 60.2 Å². The van der Waals surface area contributed by atoms with Crippen LogP contribution in [0.15, 0.2) is 54.6 Å². The third-order valence-corrected chi connectivity index (χ3v) is 3.15. The van der Waals surface area contributed by atoms with E-state index >= 15 is 0 Å². The third-order valence-electron chi connectivity index (χ3n) is 3.00. The van der Waals surface area contributed by atoms with Gasteiger partial charge in [0.1, 0.15) is 11.5 Å². The van der Waals surface area contributed by atoms with Gasteiger partial charge >= 0.3 is 0 Å². The molecule has 3 nitrogen and oxygen atoms in total. The number of para-hydroxylation sites is 1. The number of ketones is 1. The molecule has 1 N–H and O–H groups in total. The highest BCUT2D eigenvalue weighted by Crippen LogP contribution is 2.21. The van der Waals surface area contributed by atoms with Crippen LogP contribution in [0.2, 0.25) is 0 Å².